The first kappa shape index (κ1) is 16.2. The zero-order valence-corrected chi connectivity index (χ0v) is 12.9. The van der Waals surface area contributed by atoms with Gasteiger partial charge in [-0.25, -0.2) is 0 Å². The van der Waals surface area contributed by atoms with Gasteiger partial charge in [0.05, 0.1) is 16.1 Å². The van der Waals surface area contributed by atoms with Crippen molar-refractivity contribution in [1.82, 2.24) is 0 Å². The van der Waals surface area contributed by atoms with E-state index in [0.29, 0.717) is 10.0 Å². The van der Waals surface area contributed by atoms with Gasteiger partial charge >= 0.3 is 5.69 Å². The molecule has 0 saturated carbocycles. The first-order chi connectivity index (χ1) is 8.86. The van der Waals surface area contributed by atoms with Crippen LogP contribution in [0.3, 0.4) is 0 Å². The van der Waals surface area contributed by atoms with Crippen molar-refractivity contribution in [2.45, 2.75) is 13.0 Å². The monoisotopic (exact) mass is 369 g/mol. The number of nitro benzene ring substituents is 1. The summed E-state index contributed by atoms with van der Waals surface area (Å²) in [7, 11) is 0. The van der Waals surface area contributed by atoms with Crippen molar-refractivity contribution in [2.75, 3.05) is 6.61 Å². The summed E-state index contributed by atoms with van der Waals surface area (Å²) < 4.78 is 5.76. The Labute approximate surface area is 128 Å². The maximum absolute atomic E-state index is 11.0. The van der Waals surface area contributed by atoms with Gasteiger partial charge in [-0.3, -0.25) is 10.1 Å². The normalized spacial score (nSPS) is 13.2. The number of rotatable bonds is 5. The molecule has 0 radical (unpaired) electrons. The maximum Gasteiger partial charge on any atom is 0.312 e. The van der Waals surface area contributed by atoms with Crippen LogP contribution in [0, 0.1) is 10.1 Å². The van der Waals surface area contributed by atoms with E-state index in [-0.39, 0.29) is 23.1 Å². The minimum absolute atomic E-state index is 0.0279. The van der Waals surface area contributed by atoms with Gasteiger partial charge in [-0.05, 0) is 13.0 Å². The average Bonchev–Trinajstić information content (AvgIpc) is 2.35. The van der Waals surface area contributed by atoms with Crippen LogP contribution < -0.4 is 4.74 Å². The molecule has 5 nitrogen and oxygen atoms in total. The van der Waals surface area contributed by atoms with E-state index in [2.05, 4.69) is 15.9 Å². The highest BCUT2D eigenvalue weighted by atomic mass is 79.9. The molecular formula is C11H10BrCl2NO4. The summed E-state index contributed by atoms with van der Waals surface area (Å²) in [6, 6.07) is 2.84. The van der Waals surface area contributed by atoms with Crippen LogP contribution in [0.5, 0.6) is 5.75 Å². The number of ether oxygens (including phenoxy) is 1. The highest BCUT2D eigenvalue weighted by molar-refractivity contribution is 9.10. The van der Waals surface area contributed by atoms with Gasteiger partial charge < -0.3 is 9.84 Å². The summed E-state index contributed by atoms with van der Waals surface area (Å²) in [5.41, 5.74) is 1.14. The van der Waals surface area contributed by atoms with Crippen LogP contribution in [0.2, 0.25) is 0 Å². The van der Waals surface area contributed by atoms with Crippen molar-refractivity contribution >= 4 is 44.8 Å². The van der Waals surface area contributed by atoms with E-state index in [4.69, 9.17) is 27.9 Å². The number of hydrogen-bond acceptors (Lipinski definition) is 4. The molecule has 1 rings (SSSR count). The second kappa shape index (κ2) is 7.09. The summed E-state index contributed by atoms with van der Waals surface area (Å²) in [6.45, 7) is 1.37. The third-order valence-corrected chi connectivity index (χ3v) is 3.23. The van der Waals surface area contributed by atoms with Crippen LogP contribution in [0.1, 0.15) is 18.6 Å². The molecule has 1 aromatic carbocycles. The number of hydrogen-bond donors (Lipinski definition) is 1. The lowest BCUT2D eigenvalue weighted by Gasteiger charge is -2.14. The fraction of sp³-hybridized carbons (Fsp3) is 0.273. The number of aliphatic hydroxyl groups excluding tert-OH is 1. The number of halogens is 3. The Bertz CT molecular complexity index is 520. The quantitative estimate of drug-likeness (QED) is 0.625. The van der Waals surface area contributed by atoms with E-state index >= 15 is 0 Å². The molecule has 0 fully saturated rings. The standard InChI is InChI=1S/C11H10BrCl2NO4/c1-6(16)9-2-7(12)3-10(15(17)18)11(9)19-5-8(14)4-13/h2-4,6,16H,5H2,1H3/b8-4-/t6-/m1/s1. The molecule has 0 aromatic heterocycles. The lowest BCUT2D eigenvalue weighted by Crippen LogP contribution is -2.05. The van der Waals surface area contributed by atoms with Crippen LogP contribution in [0.4, 0.5) is 5.69 Å². The van der Waals surface area contributed by atoms with E-state index in [1.807, 2.05) is 0 Å². The summed E-state index contributed by atoms with van der Waals surface area (Å²) in [4.78, 5) is 10.4. The minimum Gasteiger partial charge on any atom is -0.481 e. The summed E-state index contributed by atoms with van der Waals surface area (Å²) in [5.74, 6) is -0.0279. The van der Waals surface area contributed by atoms with Gasteiger partial charge in [-0.2, -0.15) is 0 Å². The van der Waals surface area contributed by atoms with Crippen LogP contribution in [0.15, 0.2) is 27.2 Å². The Balaban J connectivity index is 3.27. The van der Waals surface area contributed by atoms with Crippen LogP contribution >= 0.6 is 39.1 Å². The summed E-state index contributed by atoms with van der Waals surface area (Å²) in [6.07, 6.45) is -0.926. The largest absolute Gasteiger partial charge is 0.481 e. The minimum atomic E-state index is -0.926. The van der Waals surface area contributed by atoms with Gasteiger partial charge in [0, 0.05) is 21.6 Å². The SMILES string of the molecule is C[C@@H](O)c1cc(Br)cc([N+](=O)[O-])c1OC/C(Cl)=C/Cl. The van der Waals surface area contributed by atoms with E-state index in [1.165, 1.54) is 13.0 Å². The summed E-state index contributed by atoms with van der Waals surface area (Å²) >= 11 is 14.2. The molecule has 0 aliphatic rings. The van der Waals surface area contributed by atoms with Gasteiger partial charge in [-0.15, -0.1) is 0 Å². The van der Waals surface area contributed by atoms with Crippen LogP contribution in [0.25, 0.3) is 0 Å². The number of nitrogens with zero attached hydrogens (tertiary/aromatic N) is 1. The van der Waals surface area contributed by atoms with Crippen molar-refractivity contribution in [2.24, 2.45) is 0 Å². The molecule has 0 heterocycles. The molecule has 0 aliphatic carbocycles. The highest BCUT2D eigenvalue weighted by Crippen LogP contribution is 2.38. The highest BCUT2D eigenvalue weighted by Gasteiger charge is 2.23. The number of aliphatic hydroxyl groups is 1. The molecule has 1 N–H and O–H groups in total. The van der Waals surface area contributed by atoms with Crippen molar-refractivity contribution in [3.05, 3.63) is 42.9 Å². The molecule has 0 saturated heterocycles. The third-order valence-electron chi connectivity index (χ3n) is 2.18. The zero-order valence-electron chi connectivity index (χ0n) is 9.77. The Hall–Kier alpha value is -0.820. The maximum atomic E-state index is 11.0. The molecule has 0 spiro atoms. The number of nitro groups is 1. The van der Waals surface area contributed by atoms with Crippen molar-refractivity contribution in [1.29, 1.82) is 0 Å². The second-order valence-electron chi connectivity index (χ2n) is 3.62. The predicted molar refractivity (Wildman–Crippen MR) is 76.7 cm³/mol. The Morgan fingerprint density at radius 3 is 2.79 bits per heavy atom. The van der Waals surface area contributed by atoms with Crippen LogP contribution in [-0.2, 0) is 0 Å². The first-order valence-corrected chi connectivity index (χ1v) is 6.71. The molecule has 104 valence electrons. The topological polar surface area (TPSA) is 72.6 Å². The molecule has 8 heteroatoms. The molecule has 0 aliphatic heterocycles. The lowest BCUT2D eigenvalue weighted by molar-refractivity contribution is -0.386. The van der Waals surface area contributed by atoms with E-state index < -0.39 is 11.0 Å². The van der Waals surface area contributed by atoms with Crippen molar-refractivity contribution in [3.63, 3.8) is 0 Å². The Morgan fingerprint density at radius 2 is 2.32 bits per heavy atom. The van der Waals surface area contributed by atoms with E-state index in [9.17, 15) is 15.2 Å². The lowest BCUT2D eigenvalue weighted by atomic mass is 10.1. The molecule has 0 amide bonds. The second-order valence-corrected chi connectivity index (χ2v) is 5.24. The zero-order chi connectivity index (χ0) is 14.6. The average molecular weight is 371 g/mol. The van der Waals surface area contributed by atoms with Crippen LogP contribution in [-0.4, -0.2) is 16.6 Å². The fourth-order valence-electron chi connectivity index (χ4n) is 1.38. The van der Waals surface area contributed by atoms with Gasteiger partial charge in [0.25, 0.3) is 0 Å². The van der Waals surface area contributed by atoms with Crippen molar-refractivity contribution in [3.8, 4) is 5.75 Å². The molecule has 1 atom stereocenters. The van der Waals surface area contributed by atoms with Crippen molar-refractivity contribution < 1.29 is 14.8 Å². The van der Waals surface area contributed by atoms with Gasteiger partial charge in [0.1, 0.15) is 6.61 Å². The van der Waals surface area contributed by atoms with E-state index in [0.717, 1.165) is 5.54 Å². The fourth-order valence-corrected chi connectivity index (χ4v) is 1.96. The van der Waals surface area contributed by atoms with Gasteiger partial charge in [-0.1, -0.05) is 39.1 Å². The summed E-state index contributed by atoms with van der Waals surface area (Å²) in [5, 5.41) is 20.9. The van der Waals surface area contributed by atoms with Gasteiger partial charge in [0.15, 0.2) is 0 Å². The predicted octanol–water partition coefficient (Wildman–Crippen LogP) is 4.11. The van der Waals surface area contributed by atoms with E-state index in [1.54, 1.807) is 6.07 Å². The molecule has 19 heavy (non-hydrogen) atoms. The molecule has 1 aromatic rings. The Morgan fingerprint density at radius 1 is 1.68 bits per heavy atom. The first-order valence-electron chi connectivity index (χ1n) is 5.10. The smallest absolute Gasteiger partial charge is 0.312 e. The molecule has 0 unspecified atom stereocenters. The van der Waals surface area contributed by atoms with Gasteiger partial charge in [0.2, 0.25) is 5.75 Å². The molecular weight excluding hydrogens is 361 g/mol. The number of benzene rings is 1. The molecule has 0 bridgehead atoms. The Kier molecular flexibility index (Phi) is 6.06. The third kappa shape index (κ3) is 4.35.